The van der Waals surface area contributed by atoms with Crippen LogP contribution in [0.5, 0.6) is 0 Å². The maximum atomic E-state index is 12.2. The Morgan fingerprint density at radius 2 is 2.18 bits per heavy atom. The van der Waals surface area contributed by atoms with Crippen LogP contribution in [0.25, 0.3) is 0 Å². The van der Waals surface area contributed by atoms with Crippen LogP contribution < -0.4 is 5.73 Å². The molecule has 2 aliphatic rings. The minimum Gasteiger partial charge on any atom is -0.449 e. The second-order valence-corrected chi connectivity index (χ2v) is 4.97. The highest BCUT2D eigenvalue weighted by Gasteiger charge is 2.45. The number of carbonyl (C=O) groups excluding carboxylic acids is 1. The second kappa shape index (κ2) is 5.04. The van der Waals surface area contributed by atoms with Crippen molar-refractivity contribution >= 4 is 5.78 Å². The number of nitriles is 1. The van der Waals surface area contributed by atoms with Crippen molar-refractivity contribution in [3.8, 4) is 6.07 Å². The molecular formula is C14H11N3O5. The smallest absolute Gasteiger partial charge is 0.320 e. The van der Waals surface area contributed by atoms with Gasteiger partial charge >= 0.3 is 5.70 Å². The summed E-state index contributed by atoms with van der Waals surface area (Å²) in [6, 6.07) is 4.65. The van der Waals surface area contributed by atoms with E-state index < -0.39 is 16.5 Å². The summed E-state index contributed by atoms with van der Waals surface area (Å²) in [6.07, 6.45) is 1.37. The first-order valence-corrected chi connectivity index (χ1v) is 6.61. The lowest BCUT2D eigenvalue weighted by Gasteiger charge is -2.27. The van der Waals surface area contributed by atoms with Gasteiger partial charge in [0.05, 0.1) is 10.5 Å². The number of allylic oxidation sites excluding steroid dienone is 2. The van der Waals surface area contributed by atoms with Gasteiger partial charge in [0.15, 0.2) is 5.78 Å². The molecule has 2 N–H and O–H groups in total. The van der Waals surface area contributed by atoms with E-state index in [4.69, 9.17) is 20.1 Å². The van der Waals surface area contributed by atoms with Crippen molar-refractivity contribution in [3.63, 3.8) is 0 Å². The highest BCUT2D eigenvalue weighted by molar-refractivity contribution is 5.98. The summed E-state index contributed by atoms with van der Waals surface area (Å²) in [7, 11) is 0. The van der Waals surface area contributed by atoms with E-state index in [0.717, 1.165) is 0 Å². The number of furan rings is 1. The molecule has 1 unspecified atom stereocenters. The molecule has 0 aromatic carbocycles. The Morgan fingerprint density at radius 1 is 1.41 bits per heavy atom. The van der Waals surface area contributed by atoms with Gasteiger partial charge < -0.3 is 14.9 Å². The molecule has 8 heteroatoms. The molecule has 1 aromatic heterocycles. The van der Waals surface area contributed by atoms with Crippen LogP contribution in [0.4, 0.5) is 0 Å². The lowest BCUT2D eigenvalue weighted by molar-refractivity contribution is -0.433. The molecule has 3 rings (SSSR count). The van der Waals surface area contributed by atoms with Crippen LogP contribution in [0, 0.1) is 21.4 Å². The van der Waals surface area contributed by atoms with Crippen molar-refractivity contribution in [2.24, 2.45) is 5.73 Å². The van der Waals surface area contributed by atoms with Gasteiger partial charge in [-0.3, -0.25) is 14.9 Å². The van der Waals surface area contributed by atoms with Gasteiger partial charge in [0.25, 0.3) is 5.88 Å². The van der Waals surface area contributed by atoms with Gasteiger partial charge in [-0.05, 0) is 18.6 Å². The average Bonchev–Trinajstić information content (AvgIpc) is 2.94. The van der Waals surface area contributed by atoms with Crippen molar-refractivity contribution in [2.75, 3.05) is 0 Å². The fourth-order valence-corrected chi connectivity index (χ4v) is 2.77. The molecule has 0 bridgehead atoms. The molecule has 8 nitrogen and oxygen atoms in total. The van der Waals surface area contributed by atoms with E-state index in [-0.39, 0.29) is 35.2 Å². The van der Waals surface area contributed by atoms with E-state index >= 15 is 0 Å². The zero-order valence-corrected chi connectivity index (χ0v) is 11.4. The number of hydrogen-bond donors (Lipinski definition) is 1. The zero-order valence-electron chi connectivity index (χ0n) is 11.4. The van der Waals surface area contributed by atoms with Crippen LogP contribution in [0.3, 0.4) is 0 Å². The summed E-state index contributed by atoms with van der Waals surface area (Å²) in [5, 5.41) is 20.2. The van der Waals surface area contributed by atoms with Gasteiger partial charge in [0.2, 0.25) is 5.76 Å². The van der Waals surface area contributed by atoms with Gasteiger partial charge in [-0.25, -0.2) is 0 Å². The number of carbonyl (C=O) groups is 1. The highest BCUT2D eigenvalue weighted by Crippen LogP contribution is 2.43. The monoisotopic (exact) mass is 301 g/mol. The predicted molar refractivity (Wildman–Crippen MR) is 71.3 cm³/mol. The molecule has 0 spiro atoms. The van der Waals surface area contributed by atoms with Crippen LogP contribution in [0.15, 0.2) is 39.5 Å². The zero-order chi connectivity index (χ0) is 15.9. The van der Waals surface area contributed by atoms with Crippen LogP contribution in [-0.4, -0.2) is 10.7 Å². The van der Waals surface area contributed by atoms with Crippen LogP contribution in [0.2, 0.25) is 0 Å². The average molecular weight is 301 g/mol. The number of rotatable bonds is 2. The highest BCUT2D eigenvalue weighted by atomic mass is 16.6. The summed E-state index contributed by atoms with van der Waals surface area (Å²) in [6.45, 7) is 0. The Kier molecular flexibility index (Phi) is 3.18. The van der Waals surface area contributed by atoms with Crippen LogP contribution >= 0.6 is 0 Å². The third-order valence-corrected chi connectivity index (χ3v) is 3.67. The Balaban J connectivity index is 2.19. The Morgan fingerprint density at radius 3 is 2.82 bits per heavy atom. The number of nitrogens with zero attached hydrogens (tertiary/aromatic N) is 2. The standard InChI is InChI=1S/C14H11N3O5/c15-6-7-4-5-10(21-7)12-11-8(18)2-1-3-9(11)22-14(16)13(12)17(19)20/h4-5,12H,1-3,16H2. The largest absolute Gasteiger partial charge is 0.449 e. The number of nitrogens with two attached hydrogens (primary N) is 1. The molecule has 0 radical (unpaired) electrons. The molecule has 1 aliphatic carbocycles. The molecule has 112 valence electrons. The molecule has 0 amide bonds. The Labute approximate surface area is 124 Å². The molecule has 1 aliphatic heterocycles. The SMILES string of the molecule is N#Cc1ccc(C2C3=C(CCCC3=O)OC(N)=C2[N+](=O)[O-])o1. The predicted octanol–water partition coefficient (Wildman–Crippen LogP) is 1.68. The number of ketones is 1. The molecule has 2 heterocycles. The summed E-state index contributed by atoms with van der Waals surface area (Å²) >= 11 is 0. The van der Waals surface area contributed by atoms with Gasteiger partial charge in [-0.15, -0.1) is 0 Å². The molecule has 0 saturated heterocycles. The fourth-order valence-electron chi connectivity index (χ4n) is 2.77. The summed E-state index contributed by atoms with van der Waals surface area (Å²) in [4.78, 5) is 22.9. The first-order valence-electron chi connectivity index (χ1n) is 6.61. The van der Waals surface area contributed by atoms with E-state index in [9.17, 15) is 14.9 Å². The van der Waals surface area contributed by atoms with E-state index in [2.05, 4.69) is 0 Å². The lowest BCUT2D eigenvalue weighted by atomic mass is 9.82. The van der Waals surface area contributed by atoms with Crippen LogP contribution in [-0.2, 0) is 9.53 Å². The van der Waals surface area contributed by atoms with Gasteiger partial charge in [-0.2, -0.15) is 5.26 Å². The maximum Gasteiger partial charge on any atom is 0.320 e. The van der Waals surface area contributed by atoms with Crippen LogP contribution in [0.1, 0.15) is 36.7 Å². The summed E-state index contributed by atoms with van der Waals surface area (Å²) < 4.78 is 10.6. The molecule has 1 aromatic rings. The van der Waals surface area contributed by atoms with Crippen molar-refractivity contribution in [1.82, 2.24) is 0 Å². The first kappa shape index (κ1) is 13.9. The topological polar surface area (TPSA) is 132 Å². The number of hydrogen-bond acceptors (Lipinski definition) is 7. The van der Waals surface area contributed by atoms with Crippen molar-refractivity contribution in [2.45, 2.75) is 25.2 Å². The quantitative estimate of drug-likeness (QED) is 0.648. The Hall–Kier alpha value is -3.08. The third-order valence-electron chi connectivity index (χ3n) is 3.67. The Bertz CT molecular complexity index is 781. The fraction of sp³-hybridized carbons (Fsp3) is 0.286. The van der Waals surface area contributed by atoms with Crippen molar-refractivity contribution < 1.29 is 18.9 Å². The number of ether oxygens (including phenoxy) is 1. The summed E-state index contributed by atoms with van der Waals surface area (Å²) in [5.41, 5.74) is 5.43. The number of nitro groups is 1. The van der Waals surface area contributed by atoms with Gasteiger partial charge in [-0.1, -0.05) is 0 Å². The van der Waals surface area contributed by atoms with Gasteiger partial charge in [0.1, 0.15) is 23.5 Å². The third kappa shape index (κ3) is 2.03. The maximum absolute atomic E-state index is 12.2. The lowest BCUT2D eigenvalue weighted by Crippen LogP contribution is -2.30. The van der Waals surface area contributed by atoms with Gasteiger partial charge in [0, 0.05) is 12.8 Å². The van der Waals surface area contributed by atoms with Crippen molar-refractivity contribution in [3.05, 3.63) is 56.7 Å². The van der Waals surface area contributed by atoms with Crippen molar-refractivity contribution in [1.29, 1.82) is 5.26 Å². The second-order valence-electron chi connectivity index (χ2n) is 4.97. The molecule has 1 atom stereocenters. The minimum absolute atomic E-state index is 0.00756. The summed E-state index contributed by atoms with van der Waals surface area (Å²) in [5.74, 6) is -1.13. The minimum atomic E-state index is -1.05. The van der Waals surface area contributed by atoms with E-state index in [1.807, 2.05) is 6.07 Å². The molecule has 0 saturated carbocycles. The normalized spacial score (nSPS) is 21.2. The first-order chi connectivity index (χ1) is 10.5. The molecule has 22 heavy (non-hydrogen) atoms. The van der Waals surface area contributed by atoms with E-state index in [1.165, 1.54) is 12.1 Å². The van der Waals surface area contributed by atoms with E-state index in [1.54, 1.807) is 0 Å². The molecular weight excluding hydrogens is 290 g/mol. The number of Topliss-reactive ketones (excluding diaryl/α,β-unsaturated/α-hetero) is 1. The van der Waals surface area contributed by atoms with E-state index in [0.29, 0.717) is 18.6 Å². The molecule has 0 fully saturated rings.